The molecule has 4 nitrogen and oxygen atoms in total. The summed E-state index contributed by atoms with van der Waals surface area (Å²) in [6, 6.07) is 11.4. The minimum Gasteiger partial charge on any atom is -0.456 e. The summed E-state index contributed by atoms with van der Waals surface area (Å²) in [5.41, 5.74) is 6.24. The van der Waals surface area contributed by atoms with Gasteiger partial charge in [-0.1, -0.05) is 30.7 Å². The highest BCUT2D eigenvalue weighted by atomic mass is 35.5. The van der Waals surface area contributed by atoms with Gasteiger partial charge in [-0.3, -0.25) is 4.79 Å². The average Bonchev–Trinajstić information content (AvgIpc) is 2.51. The summed E-state index contributed by atoms with van der Waals surface area (Å²) in [7, 11) is 0. The predicted octanol–water partition coefficient (Wildman–Crippen LogP) is 3.48. The van der Waals surface area contributed by atoms with Crippen LogP contribution in [-0.2, 0) is 11.3 Å². The van der Waals surface area contributed by atoms with Gasteiger partial charge in [0.25, 0.3) is 0 Å². The molecule has 2 aromatic rings. The normalized spacial score (nSPS) is 12.0. The number of hydrogen-bond donors (Lipinski definition) is 2. The first-order valence-electron chi connectivity index (χ1n) is 7.17. The molecule has 2 aromatic carbocycles. The Morgan fingerprint density at radius 3 is 2.61 bits per heavy atom. The van der Waals surface area contributed by atoms with Gasteiger partial charge in [-0.2, -0.15) is 0 Å². The van der Waals surface area contributed by atoms with Crippen molar-refractivity contribution < 1.29 is 13.9 Å². The molecule has 0 spiro atoms. The van der Waals surface area contributed by atoms with Gasteiger partial charge < -0.3 is 15.8 Å². The Balaban J connectivity index is 1.90. The van der Waals surface area contributed by atoms with E-state index < -0.39 is 5.82 Å². The Labute approximate surface area is 139 Å². The van der Waals surface area contributed by atoms with Crippen molar-refractivity contribution in [3.05, 3.63) is 58.9 Å². The fraction of sp³-hybridized carbons (Fsp3) is 0.235. The van der Waals surface area contributed by atoms with Crippen molar-refractivity contribution in [1.82, 2.24) is 5.32 Å². The Kier molecular flexibility index (Phi) is 5.96. The van der Waals surface area contributed by atoms with E-state index in [1.807, 2.05) is 12.1 Å². The summed E-state index contributed by atoms with van der Waals surface area (Å²) in [6.07, 6.45) is 0. The monoisotopic (exact) mass is 336 g/mol. The Morgan fingerprint density at radius 1 is 1.30 bits per heavy atom. The smallest absolute Gasteiger partial charge is 0.221 e. The van der Waals surface area contributed by atoms with Crippen molar-refractivity contribution in [1.29, 1.82) is 0 Å². The topological polar surface area (TPSA) is 64.3 Å². The molecular formula is C17H18ClFN2O2. The number of halogens is 2. The van der Waals surface area contributed by atoms with Crippen molar-refractivity contribution in [3.63, 3.8) is 0 Å². The van der Waals surface area contributed by atoms with Crippen molar-refractivity contribution in [2.24, 2.45) is 11.7 Å². The molecule has 6 heteroatoms. The Hall–Kier alpha value is -2.11. The lowest BCUT2D eigenvalue weighted by molar-refractivity contribution is -0.121. The van der Waals surface area contributed by atoms with E-state index in [0.717, 1.165) is 5.56 Å². The molecule has 1 amide bonds. The molecule has 0 saturated heterocycles. The average molecular weight is 337 g/mol. The van der Waals surface area contributed by atoms with E-state index in [-0.39, 0.29) is 16.8 Å². The van der Waals surface area contributed by atoms with Gasteiger partial charge in [0.05, 0.1) is 5.02 Å². The van der Waals surface area contributed by atoms with Gasteiger partial charge in [0.15, 0.2) is 0 Å². The highest BCUT2D eigenvalue weighted by Crippen LogP contribution is 2.29. The van der Waals surface area contributed by atoms with E-state index in [9.17, 15) is 9.18 Å². The number of nitrogens with two attached hydrogens (primary N) is 1. The maximum Gasteiger partial charge on any atom is 0.221 e. The predicted molar refractivity (Wildman–Crippen MR) is 88.0 cm³/mol. The number of primary amides is 1. The van der Waals surface area contributed by atoms with Crippen LogP contribution in [0.15, 0.2) is 42.5 Å². The number of carbonyl (C=O) groups is 1. The molecule has 122 valence electrons. The molecule has 23 heavy (non-hydrogen) atoms. The van der Waals surface area contributed by atoms with Gasteiger partial charge in [0.2, 0.25) is 5.91 Å². The molecule has 0 saturated carbocycles. The Morgan fingerprint density at radius 2 is 2.00 bits per heavy atom. The summed E-state index contributed by atoms with van der Waals surface area (Å²) in [5, 5.41) is 3.38. The third-order valence-electron chi connectivity index (χ3n) is 3.31. The molecule has 0 aliphatic carbocycles. The van der Waals surface area contributed by atoms with Gasteiger partial charge in [-0.05, 0) is 35.9 Å². The van der Waals surface area contributed by atoms with Crippen molar-refractivity contribution in [3.8, 4) is 11.5 Å². The molecule has 0 radical (unpaired) electrons. The minimum absolute atomic E-state index is 0.210. The van der Waals surface area contributed by atoms with E-state index in [1.54, 1.807) is 19.1 Å². The van der Waals surface area contributed by atoms with Crippen molar-refractivity contribution in [2.45, 2.75) is 13.5 Å². The first kappa shape index (κ1) is 17.2. The third kappa shape index (κ3) is 5.23. The van der Waals surface area contributed by atoms with Gasteiger partial charge in [0.1, 0.15) is 17.3 Å². The second kappa shape index (κ2) is 7.94. The molecule has 0 heterocycles. The molecule has 0 aliphatic heterocycles. The number of carbonyl (C=O) groups excluding carboxylic acids is 1. The van der Waals surface area contributed by atoms with E-state index >= 15 is 0 Å². The summed E-state index contributed by atoms with van der Waals surface area (Å²) in [4.78, 5) is 10.9. The van der Waals surface area contributed by atoms with Crippen molar-refractivity contribution in [2.75, 3.05) is 6.54 Å². The molecule has 2 rings (SSSR count). The molecular weight excluding hydrogens is 319 g/mol. The highest BCUT2D eigenvalue weighted by Gasteiger charge is 2.08. The number of rotatable bonds is 7. The van der Waals surface area contributed by atoms with Crippen LogP contribution < -0.4 is 15.8 Å². The van der Waals surface area contributed by atoms with Crippen LogP contribution >= 0.6 is 11.6 Å². The van der Waals surface area contributed by atoms with E-state index in [0.29, 0.717) is 24.6 Å². The van der Waals surface area contributed by atoms with Gasteiger partial charge in [-0.25, -0.2) is 4.39 Å². The van der Waals surface area contributed by atoms with Crippen LogP contribution in [0.2, 0.25) is 5.02 Å². The molecule has 3 N–H and O–H groups in total. The zero-order chi connectivity index (χ0) is 16.8. The summed E-state index contributed by atoms with van der Waals surface area (Å²) in [5.74, 6) is 0.0617. The maximum atomic E-state index is 13.0. The van der Waals surface area contributed by atoms with E-state index in [4.69, 9.17) is 22.1 Å². The molecule has 0 aliphatic rings. The first-order valence-corrected chi connectivity index (χ1v) is 7.55. The van der Waals surface area contributed by atoms with Crippen LogP contribution in [0, 0.1) is 11.7 Å². The van der Waals surface area contributed by atoms with E-state index in [1.165, 1.54) is 18.2 Å². The van der Waals surface area contributed by atoms with Crippen molar-refractivity contribution >= 4 is 17.5 Å². The Bertz CT molecular complexity index is 677. The second-order valence-electron chi connectivity index (χ2n) is 5.26. The fourth-order valence-corrected chi connectivity index (χ4v) is 2.10. The number of ether oxygens (including phenoxy) is 1. The number of hydrogen-bond acceptors (Lipinski definition) is 3. The molecule has 0 aromatic heterocycles. The molecule has 0 bridgehead atoms. The number of benzene rings is 2. The fourth-order valence-electron chi connectivity index (χ4n) is 1.89. The third-order valence-corrected chi connectivity index (χ3v) is 3.61. The summed E-state index contributed by atoms with van der Waals surface area (Å²) >= 11 is 5.92. The van der Waals surface area contributed by atoms with Gasteiger partial charge in [-0.15, -0.1) is 0 Å². The van der Waals surface area contributed by atoms with Gasteiger partial charge >= 0.3 is 0 Å². The highest BCUT2D eigenvalue weighted by molar-refractivity contribution is 6.32. The van der Waals surface area contributed by atoms with Gasteiger partial charge in [0, 0.05) is 19.0 Å². The lowest BCUT2D eigenvalue weighted by atomic mass is 10.1. The summed E-state index contributed by atoms with van der Waals surface area (Å²) in [6.45, 7) is 2.92. The van der Waals surface area contributed by atoms with Crippen LogP contribution in [0.4, 0.5) is 4.39 Å². The van der Waals surface area contributed by atoms with Crippen LogP contribution in [0.3, 0.4) is 0 Å². The SMILES string of the molecule is CC(CNCc1ccc(Oc2ccc(F)cc2Cl)cc1)C(N)=O. The number of amides is 1. The van der Waals surface area contributed by atoms with Crippen LogP contribution in [-0.4, -0.2) is 12.5 Å². The van der Waals surface area contributed by atoms with Crippen LogP contribution in [0.5, 0.6) is 11.5 Å². The lowest BCUT2D eigenvalue weighted by Gasteiger charge is -2.10. The van der Waals surface area contributed by atoms with Crippen LogP contribution in [0.1, 0.15) is 12.5 Å². The molecule has 0 fully saturated rings. The zero-order valence-electron chi connectivity index (χ0n) is 12.7. The second-order valence-corrected chi connectivity index (χ2v) is 5.66. The first-order chi connectivity index (χ1) is 11.0. The minimum atomic E-state index is -0.408. The number of nitrogens with one attached hydrogen (secondary N) is 1. The summed E-state index contributed by atoms with van der Waals surface area (Å²) < 4.78 is 18.6. The molecule has 1 unspecified atom stereocenters. The lowest BCUT2D eigenvalue weighted by Crippen LogP contribution is -2.30. The van der Waals surface area contributed by atoms with E-state index in [2.05, 4.69) is 5.32 Å². The standard InChI is InChI=1S/C17H18ClFN2O2/c1-11(17(20)22)9-21-10-12-2-5-14(6-3-12)23-16-7-4-13(19)8-15(16)18/h2-8,11,21H,9-10H2,1H3,(H2,20,22). The maximum absolute atomic E-state index is 13.0. The quantitative estimate of drug-likeness (QED) is 0.813. The van der Waals surface area contributed by atoms with Crippen LogP contribution in [0.25, 0.3) is 0 Å². The largest absolute Gasteiger partial charge is 0.456 e. The molecule has 1 atom stereocenters. The zero-order valence-corrected chi connectivity index (χ0v) is 13.4.